The van der Waals surface area contributed by atoms with Gasteiger partial charge in [-0.05, 0) is 12.1 Å². The highest BCUT2D eigenvalue weighted by Crippen LogP contribution is 1.87. The first-order chi connectivity index (χ1) is 7.30. The maximum Gasteiger partial charge on any atom is 0.251 e. The number of carbonyl (C=O) groups excluding carboxylic acids is 1. The van der Waals surface area contributed by atoms with Gasteiger partial charge in [-0.3, -0.25) is 9.78 Å². The first kappa shape index (κ1) is 10.8. The van der Waals surface area contributed by atoms with Gasteiger partial charge in [0.1, 0.15) is 6.33 Å². The van der Waals surface area contributed by atoms with E-state index >= 15 is 0 Å². The Morgan fingerprint density at radius 3 is 1.87 bits per heavy atom. The molecule has 5 nitrogen and oxygen atoms in total. The second kappa shape index (κ2) is 6.20. The molecule has 0 radical (unpaired) electrons. The summed E-state index contributed by atoms with van der Waals surface area (Å²) in [5, 5.41) is 0. The highest BCUT2D eigenvalue weighted by atomic mass is 16.1. The van der Waals surface area contributed by atoms with E-state index in [4.69, 9.17) is 5.73 Å². The topological polar surface area (TPSA) is 81.8 Å². The summed E-state index contributed by atoms with van der Waals surface area (Å²) in [4.78, 5) is 21.3. The average Bonchev–Trinajstić information content (AvgIpc) is 2.33. The molecule has 2 aromatic heterocycles. The predicted octanol–water partition coefficient (Wildman–Crippen LogP) is 0.657. The first-order valence-corrected chi connectivity index (χ1v) is 4.20. The number of carbonyl (C=O) groups is 1. The molecule has 0 aromatic carbocycles. The van der Waals surface area contributed by atoms with Gasteiger partial charge in [-0.15, -0.1) is 0 Å². The summed E-state index contributed by atoms with van der Waals surface area (Å²) in [6.45, 7) is 0. The summed E-state index contributed by atoms with van der Waals surface area (Å²) in [5.41, 5.74) is 5.23. The van der Waals surface area contributed by atoms with Crippen LogP contribution < -0.4 is 5.73 Å². The molecule has 2 aromatic rings. The van der Waals surface area contributed by atoms with E-state index in [-0.39, 0.29) is 0 Å². The summed E-state index contributed by atoms with van der Waals surface area (Å²) in [7, 11) is 0. The fourth-order valence-corrected chi connectivity index (χ4v) is 0.739. The van der Waals surface area contributed by atoms with Gasteiger partial charge in [0.25, 0.3) is 5.91 Å². The largest absolute Gasteiger partial charge is 0.366 e. The molecule has 2 rings (SSSR count). The second-order valence-electron chi connectivity index (χ2n) is 2.52. The Kier molecular flexibility index (Phi) is 4.45. The molecule has 0 saturated carbocycles. The summed E-state index contributed by atoms with van der Waals surface area (Å²) < 4.78 is 0. The summed E-state index contributed by atoms with van der Waals surface area (Å²) >= 11 is 0. The van der Waals surface area contributed by atoms with Crippen LogP contribution in [0.4, 0.5) is 0 Å². The third-order valence-electron chi connectivity index (χ3n) is 1.41. The minimum absolute atomic E-state index is 0.331. The number of nitrogens with two attached hydrogens (primary N) is 1. The summed E-state index contributed by atoms with van der Waals surface area (Å²) in [5.74, 6) is -0.504. The van der Waals surface area contributed by atoms with Gasteiger partial charge in [-0.25, -0.2) is 9.97 Å². The number of amides is 1. The van der Waals surface area contributed by atoms with Crippen molar-refractivity contribution in [2.45, 2.75) is 0 Å². The van der Waals surface area contributed by atoms with Gasteiger partial charge in [0.05, 0.1) is 5.56 Å². The van der Waals surface area contributed by atoms with Gasteiger partial charge in [0.15, 0.2) is 0 Å². The van der Waals surface area contributed by atoms with Crippen LogP contribution in [0.25, 0.3) is 0 Å². The fourth-order valence-electron chi connectivity index (χ4n) is 0.739. The SMILES string of the molecule is NC(=O)c1cncnc1.c1ccncc1. The maximum absolute atomic E-state index is 10.3. The lowest BCUT2D eigenvalue weighted by Gasteiger charge is -1.88. The highest BCUT2D eigenvalue weighted by Gasteiger charge is 1.96. The zero-order valence-electron chi connectivity index (χ0n) is 7.95. The molecule has 0 unspecified atom stereocenters. The minimum Gasteiger partial charge on any atom is -0.366 e. The molecule has 1 amide bonds. The molecule has 0 bridgehead atoms. The molecule has 0 aliphatic carbocycles. The van der Waals surface area contributed by atoms with Gasteiger partial charge in [-0.1, -0.05) is 6.07 Å². The maximum atomic E-state index is 10.3. The third kappa shape index (κ3) is 4.47. The number of nitrogens with zero attached hydrogens (tertiary/aromatic N) is 3. The van der Waals surface area contributed by atoms with Crippen molar-refractivity contribution in [1.82, 2.24) is 15.0 Å². The van der Waals surface area contributed by atoms with E-state index < -0.39 is 5.91 Å². The fraction of sp³-hybridized carbons (Fsp3) is 0. The van der Waals surface area contributed by atoms with E-state index in [2.05, 4.69) is 15.0 Å². The van der Waals surface area contributed by atoms with Crippen LogP contribution in [0, 0.1) is 0 Å². The molecule has 76 valence electrons. The molecule has 15 heavy (non-hydrogen) atoms. The van der Waals surface area contributed by atoms with Crippen LogP contribution in [0.2, 0.25) is 0 Å². The quantitative estimate of drug-likeness (QED) is 0.736. The molecule has 0 saturated heterocycles. The van der Waals surface area contributed by atoms with Crippen molar-refractivity contribution in [3.8, 4) is 0 Å². The molecule has 0 spiro atoms. The predicted molar refractivity (Wildman–Crippen MR) is 54.8 cm³/mol. The van der Waals surface area contributed by atoms with Gasteiger partial charge in [0.2, 0.25) is 0 Å². The molecule has 2 heterocycles. The summed E-state index contributed by atoms with van der Waals surface area (Å²) in [6, 6.07) is 5.72. The first-order valence-electron chi connectivity index (χ1n) is 4.20. The second-order valence-corrected chi connectivity index (χ2v) is 2.52. The molecule has 0 atom stereocenters. The lowest BCUT2D eigenvalue weighted by atomic mass is 10.3. The number of primary amides is 1. The van der Waals surface area contributed by atoms with Crippen molar-refractivity contribution in [3.05, 3.63) is 54.9 Å². The lowest BCUT2D eigenvalue weighted by Crippen LogP contribution is -2.11. The Morgan fingerprint density at radius 2 is 1.60 bits per heavy atom. The third-order valence-corrected chi connectivity index (χ3v) is 1.41. The zero-order valence-corrected chi connectivity index (χ0v) is 7.95. The van der Waals surface area contributed by atoms with Crippen LogP contribution >= 0.6 is 0 Å². The van der Waals surface area contributed by atoms with Crippen molar-refractivity contribution in [3.63, 3.8) is 0 Å². The zero-order chi connectivity index (χ0) is 10.9. The Bertz CT molecular complexity index is 364. The Morgan fingerprint density at radius 1 is 1.00 bits per heavy atom. The van der Waals surface area contributed by atoms with Crippen molar-refractivity contribution in [2.24, 2.45) is 5.73 Å². The molecule has 0 aliphatic rings. The van der Waals surface area contributed by atoms with Crippen molar-refractivity contribution < 1.29 is 4.79 Å². The molecular weight excluding hydrogens is 192 g/mol. The van der Waals surface area contributed by atoms with Crippen LogP contribution in [0.3, 0.4) is 0 Å². The van der Waals surface area contributed by atoms with Gasteiger partial charge in [-0.2, -0.15) is 0 Å². The Balaban J connectivity index is 0.000000162. The van der Waals surface area contributed by atoms with Crippen molar-refractivity contribution >= 4 is 5.91 Å². The van der Waals surface area contributed by atoms with E-state index in [0.29, 0.717) is 5.56 Å². The van der Waals surface area contributed by atoms with Crippen LogP contribution in [0.5, 0.6) is 0 Å². The molecule has 5 heteroatoms. The summed E-state index contributed by atoms with van der Waals surface area (Å²) in [6.07, 6.45) is 7.58. The molecule has 0 aliphatic heterocycles. The van der Waals surface area contributed by atoms with Gasteiger partial charge < -0.3 is 5.73 Å². The van der Waals surface area contributed by atoms with E-state index in [1.54, 1.807) is 12.4 Å². The highest BCUT2D eigenvalue weighted by molar-refractivity contribution is 5.91. The number of rotatable bonds is 1. The van der Waals surface area contributed by atoms with Gasteiger partial charge in [0, 0.05) is 24.8 Å². The number of pyridine rings is 1. The van der Waals surface area contributed by atoms with E-state index in [1.807, 2.05) is 18.2 Å². The van der Waals surface area contributed by atoms with E-state index in [1.165, 1.54) is 18.7 Å². The monoisotopic (exact) mass is 202 g/mol. The number of hydrogen-bond acceptors (Lipinski definition) is 4. The standard InChI is InChI=1S/C5H5N3O.C5H5N/c6-5(9)4-1-7-3-8-2-4;1-2-4-6-5-3-1/h1-3H,(H2,6,9);1-5H. The molecular formula is C10H10N4O. The number of hydrogen-bond donors (Lipinski definition) is 1. The Hall–Kier alpha value is -2.30. The van der Waals surface area contributed by atoms with Crippen LogP contribution in [-0.2, 0) is 0 Å². The molecule has 0 fully saturated rings. The van der Waals surface area contributed by atoms with Crippen LogP contribution in [0.15, 0.2) is 49.3 Å². The van der Waals surface area contributed by atoms with Crippen molar-refractivity contribution in [2.75, 3.05) is 0 Å². The van der Waals surface area contributed by atoms with Gasteiger partial charge >= 0.3 is 0 Å². The minimum atomic E-state index is -0.504. The Labute approximate surface area is 87.0 Å². The number of aromatic nitrogens is 3. The van der Waals surface area contributed by atoms with Crippen LogP contribution in [-0.4, -0.2) is 20.9 Å². The lowest BCUT2D eigenvalue weighted by molar-refractivity contribution is 0.0999. The van der Waals surface area contributed by atoms with E-state index in [0.717, 1.165) is 0 Å². The van der Waals surface area contributed by atoms with Crippen molar-refractivity contribution in [1.29, 1.82) is 0 Å². The smallest absolute Gasteiger partial charge is 0.251 e. The van der Waals surface area contributed by atoms with Crippen LogP contribution in [0.1, 0.15) is 10.4 Å². The normalized spacial score (nSPS) is 8.53. The molecule has 2 N–H and O–H groups in total. The average molecular weight is 202 g/mol. The van der Waals surface area contributed by atoms with E-state index in [9.17, 15) is 4.79 Å².